The summed E-state index contributed by atoms with van der Waals surface area (Å²) in [7, 11) is -3.24. The molecule has 0 radical (unpaired) electrons. The van der Waals surface area contributed by atoms with E-state index in [0.29, 0.717) is 70.3 Å². The Kier molecular flexibility index (Phi) is 8.54. The summed E-state index contributed by atoms with van der Waals surface area (Å²) in [6, 6.07) is 3.62. The average Bonchev–Trinajstić information content (AvgIpc) is 3.41. The molecule has 3 aromatic heterocycles. The Hall–Kier alpha value is -3.54. The van der Waals surface area contributed by atoms with Gasteiger partial charge in [0.2, 0.25) is 10.0 Å². The molecular formula is C25H32F3N9O4S. The largest absolute Gasteiger partial charge is 0.417 e. The van der Waals surface area contributed by atoms with Gasteiger partial charge in [-0.15, -0.1) is 5.10 Å². The highest BCUT2D eigenvalue weighted by atomic mass is 32.2. The van der Waals surface area contributed by atoms with Crippen molar-refractivity contribution < 1.29 is 31.1 Å². The molecule has 2 aliphatic heterocycles. The lowest BCUT2D eigenvalue weighted by atomic mass is 10.1. The Bertz CT molecular complexity index is 1540. The van der Waals surface area contributed by atoms with Crippen molar-refractivity contribution in [3.05, 3.63) is 36.2 Å². The summed E-state index contributed by atoms with van der Waals surface area (Å²) in [6.45, 7) is 5.80. The number of nitrogens with zero attached hydrogens (tertiary/aromatic N) is 7. The second kappa shape index (κ2) is 12.0. The van der Waals surface area contributed by atoms with Crippen LogP contribution in [0.25, 0.3) is 16.9 Å². The summed E-state index contributed by atoms with van der Waals surface area (Å²) in [5.74, 6) is 0.0311. The van der Waals surface area contributed by atoms with Gasteiger partial charge in [-0.3, -0.25) is 10.2 Å². The zero-order valence-corrected chi connectivity index (χ0v) is 24.0. The molecule has 2 N–H and O–H groups in total. The van der Waals surface area contributed by atoms with Crippen molar-refractivity contribution in [2.24, 2.45) is 0 Å². The van der Waals surface area contributed by atoms with E-state index in [1.54, 1.807) is 25.3 Å². The third kappa shape index (κ3) is 6.74. The van der Waals surface area contributed by atoms with E-state index in [0.717, 1.165) is 12.3 Å². The first-order valence-corrected chi connectivity index (χ1v) is 15.3. The van der Waals surface area contributed by atoms with Crippen LogP contribution in [0.3, 0.4) is 0 Å². The number of pyridine rings is 1. The number of hydrogen-bond donors (Lipinski definition) is 2. The molecule has 0 saturated carbocycles. The summed E-state index contributed by atoms with van der Waals surface area (Å²) in [6.07, 6.45) is -1.14. The molecule has 13 nitrogen and oxygen atoms in total. The van der Waals surface area contributed by atoms with Crippen LogP contribution < -0.4 is 15.5 Å². The van der Waals surface area contributed by atoms with E-state index < -0.39 is 27.8 Å². The Morgan fingerprint density at radius 1 is 1.19 bits per heavy atom. The van der Waals surface area contributed by atoms with E-state index >= 15 is 0 Å². The summed E-state index contributed by atoms with van der Waals surface area (Å²) in [5, 5.41) is 9.10. The molecule has 2 saturated heterocycles. The Morgan fingerprint density at radius 3 is 2.64 bits per heavy atom. The second-order valence-electron chi connectivity index (χ2n) is 10.1. The molecule has 2 amide bonds. The van der Waals surface area contributed by atoms with Gasteiger partial charge in [-0.25, -0.2) is 27.7 Å². The first kappa shape index (κ1) is 29.9. The number of ether oxygens (including phenoxy) is 1. The molecule has 5 heterocycles. The quantitative estimate of drug-likeness (QED) is 0.409. The maximum absolute atomic E-state index is 14.2. The number of urea groups is 1. The second-order valence-corrected chi connectivity index (χ2v) is 12.1. The predicted octanol–water partition coefficient (Wildman–Crippen LogP) is 1.73. The molecule has 0 aliphatic carbocycles. The standard InChI is InChI=1S/C25H32F3N9O4S/c1-3-29-24(38)31-21-13-19(25(26,27)28)18(14-30-21)22-32-23(20-5-4-6-37(20)33-22)35-11-12-41-17(16-35)15-34-7-9-36(10-8-34)42(2,39)40/h4-6,13-14,17H,3,7-12,15-16H2,1-2H3,(H2,29,30,31,38). The van der Waals surface area contributed by atoms with Crippen LogP contribution >= 0.6 is 0 Å². The van der Waals surface area contributed by atoms with Gasteiger partial charge >= 0.3 is 12.2 Å². The van der Waals surface area contributed by atoms with Crippen LogP contribution in [0.5, 0.6) is 0 Å². The number of alkyl halides is 3. The lowest BCUT2D eigenvalue weighted by Crippen LogP contribution is -2.53. The molecule has 2 fully saturated rings. The number of rotatable bonds is 7. The number of morpholine rings is 1. The molecule has 17 heteroatoms. The minimum atomic E-state index is -4.77. The number of amides is 2. The van der Waals surface area contributed by atoms with E-state index in [1.807, 2.05) is 4.90 Å². The fraction of sp³-hybridized carbons (Fsp3) is 0.520. The third-order valence-corrected chi connectivity index (χ3v) is 8.40. The fourth-order valence-corrected chi connectivity index (χ4v) is 5.90. The average molecular weight is 612 g/mol. The molecule has 3 aromatic rings. The molecule has 0 bridgehead atoms. The van der Waals surface area contributed by atoms with Crippen LogP contribution in [0.2, 0.25) is 0 Å². The smallest absolute Gasteiger partial charge is 0.373 e. The highest BCUT2D eigenvalue weighted by molar-refractivity contribution is 7.88. The maximum Gasteiger partial charge on any atom is 0.417 e. The Balaban J connectivity index is 1.40. The van der Waals surface area contributed by atoms with Gasteiger partial charge in [0.25, 0.3) is 0 Å². The van der Waals surface area contributed by atoms with Crippen LogP contribution in [0, 0.1) is 0 Å². The van der Waals surface area contributed by atoms with Crippen LogP contribution in [0.15, 0.2) is 30.6 Å². The number of sulfonamides is 1. The van der Waals surface area contributed by atoms with Crippen molar-refractivity contribution >= 4 is 33.2 Å². The van der Waals surface area contributed by atoms with Gasteiger partial charge in [0.15, 0.2) is 11.6 Å². The first-order valence-electron chi connectivity index (χ1n) is 13.4. The Morgan fingerprint density at radius 2 is 1.95 bits per heavy atom. The van der Waals surface area contributed by atoms with Gasteiger partial charge in [0.1, 0.15) is 11.3 Å². The van der Waals surface area contributed by atoms with Crippen molar-refractivity contribution in [3.8, 4) is 11.4 Å². The number of hydrogen-bond acceptors (Lipinski definition) is 9. The lowest BCUT2D eigenvalue weighted by molar-refractivity contribution is -0.137. The highest BCUT2D eigenvalue weighted by Gasteiger charge is 2.36. The van der Waals surface area contributed by atoms with Crippen molar-refractivity contribution in [1.29, 1.82) is 0 Å². The zero-order chi connectivity index (χ0) is 30.1. The van der Waals surface area contributed by atoms with Gasteiger partial charge in [0.05, 0.1) is 30.1 Å². The summed E-state index contributed by atoms with van der Waals surface area (Å²) in [5.41, 5.74) is -0.735. The summed E-state index contributed by atoms with van der Waals surface area (Å²) < 4.78 is 75.2. The number of fused-ring (bicyclic) bond motifs is 1. The number of nitrogens with one attached hydrogen (secondary N) is 2. The predicted molar refractivity (Wildman–Crippen MR) is 149 cm³/mol. The SMILES string of the molecule is CCNC(=O)Nc1cc(C(F)(F)F)c(-c2nc(N3CCOC(CN4CCN(S(C)(=O)=O)CC4)C3)c3cccn3n2)cn1. The van der Waals surface area contributed by atoms with Crippen LogP contribution in [0.4, 0.5) is 29.6 Å². The number of carbonyl (C=O) groups is 1. The van der Waals surface area contributed by atoms with Crippen LogP contribution in [-0.2, 0) is 20.9 Å². The molecule has 0 aromatic carbocycles. The molecule has 42 heavy (non-hydrogen) atoms. The first-order chi connectivity index (χ1) is 19.9. The number of halogens is 3. The lowest BCUT2D eigenvalue weighted by Gasteiger charge is -2.39. The van der Waals surface area contributed by atoms with Crippen LogP contribution in [-0.4, -0.2) is 115 Å². The number of aromatic nitrogens is 4. The topological polar surface area (TPSA) is 137 Å². The van der Waals surface area contributed by atoms with Gasteiger partial charge in [-0.1, -0.05) is 0 Å². The minimum Gasteiger partial charge on any atom is -0.373 e. The molecule has 2 aliphatic rings. The van der Waals surface area contributed by atoms with Crippen LogP contribution in [0.1, 0.15) is 12.5 Å². The van der Waals surface area contributed by atoms with Crippen molar-refractivity contribution in [2.75, 3.05) is 75.4 Å². The monoisotopic (exact) mass is 611 g/mol. The van der Waals surface area contributed by atoms with E-state index in [4.69, 9.17) is 4.74 Å². The normalized spacial score (nSPS) is 19.3. The summed E-state index contributed by atoms with van der Waals surface area (Å²) in [4.78, 5) is 24.6. The number of anilines is 2. The molecule has 5 rings (SSSR count). The van der Waals surface area contributed by atoms with Crippen molar-refractivity contribution in [2.45, 2.75) is 19.2 Å². The van der Waals surface area contributed by atoms with Crippen molar-refractivity contribution in [1.82, 2.24) is 34.1 Å². The van der Waals surface area contributed by atoms with Gasteiger partial charge in [-0.2, -0.15) is 17.5 Å². The third-order valence-electron chi connectivity index (χ3n) is 7.10. The number of carbonyl (C=O) groups excluding carboxylic acids is 1. The van der Waals surface area contributed by atoms with Gasteiger partial charge < -0.3 is 15.0 Å². The van der Waals surface area contributed by atoms with Crippen molar-refractivity contribution in [3.63, 3.8) is 0 Å². The minimum absolute atomic E-state index is 0.168. The highest BCUT2D eigenvalue weighted by Crippen LogP contribution is 2.37. The van der Waals surface area contributed by atoms with Gasteiger partial charge in [0, 0.05) is 64.8 Å². The van der Waals surface area contributed by atoms with E-state index in [-0.39, 0.29) is 23.3 Å². The fourth-order valence-electron chi connectivity index (χ4n) is 5.08. The molecule has 1 atom stereocenters. The summed E-state index contributed by atoms with van der Waals surface area (Å²) >= 11 is 0. The maximum atomic E-state index is 14.2. The van der Waals surface area contributed by atoms with E-state index in [9.17, 15) is 26.4 Å². The van der Waals surface area contributed by atoms with Gasteiger partial charge in [-0.05, 0) is 25.1 Å². The number of piperazine rings is 1. The Labute approximate surface area is 240 Å². The molecule has 1 unspecified atom stereocenters. The van der Waals surface area contributed by atoms with E-state index in [2.05, 4.69) is 30.6 Å². The van der Waals surface area contributed by atoms with E-state index in [1.165, 1.54) is 15.1 Å². The zero-order valence-electron chi connectivity index (χ0n) is 23.1. The molecule has 228 valence electrons. The molecular weight excluding hydrogens is 579 g/mol. The molecule has 0 spiro atoms.